The van der Waals surface area contributed by atoms with Gasteiger partial charge >= 0.3 is 0 Å². The van der Waals surface area contributed by atoms with Gasteiger partial charge in [0.05, 0.1) is 24.9 Å². The lowest BCUT2D eigenvalue weighted by molar-refractivity contribution is -0.131. The fourth-order valence-electron chi connectivity index (χ4n) is 2.66. The monoisotopic (exact) mass is 284 g/mol. The Kier molecular flexibility index (Phi) is 7.52. The minimum atomic E-state index is 0.0118. The number of hydrogen-bond donors (Lipinski definition) is 1. The Balaban J connectivity index is 2.57. The molecule has 0 aromatic carbocycles. The summed E-state index contributed by atoms with van der Waals surface area (Å²) in [6.45, 7) is 11.9. The molecule has 1 aliphatic heterocycles. The number of carbonyl (C=O) groups is 1. The van der Waals surface area contributed by atoms with E-state index in [-0.39, 0.29) is 24.2 Å². The highest BCUT2D eigenvalue weighted by atomic mass is 16.5. The molecule has 118 valence electrons. The van der Waals surface area contributed by atoms with Crippen molar-refractivity contribution in [1.29, 1.82) is 0 Å². The fourth-order valence-corrected chi connectivity index (χ4v) is 2.66. The maximum Gasteiger partial charge on any atom is 0.241 e. The van der Waals surface area contributed by atoms with E-state index in [1.807, 2.05) is 18.7 Å². The number of amides is 1. The van der Waals surface area contributed by atoms with Gasteiger partial charge in [0.1, 0.15) is 0 Å². The van der Waals surface area contributed by atoms with Crippen LogP contribution in [-0.2, 0) is 9.53 Å². The number of nitrogens with one attached hydrogen (secondary N) is 1. The highest BCUT2D eigenvalue weighted by Gasteiger charge is 2.37. The number of ether oxygens (including phenoxy) is 1. The first-order valence-electron chi connectivity index (χ1n) is 8.13. The third-order valence-electron chi connectivity index (χ3n) is 3.68. The van der Waals surface area contributed by atoms with Crippen LogP contribution in [-0.4, -0.2) is 42.3 Å². The molecule has 1 rings (SSSR count). The molecule has 0 aromatic heterocycles. The zero-order valence-corrected chi connectivity index (χ0v) is 13.8. The Morgan fingerprint density at radius 1 is 1.30 bits per heavy atom. The van der Waals surface area contributed by atoms with Crippen molar-refractivity contribution in [2.24, 2.45) is 5.92 Å². The molecule has 0 radical (unpaired) electrons. The lowest BCUT2D eigenvalue weighted by Crippen LogP contribution is -2.40. The number of nitrogens with zero attached hydrogens (tertiary/aromatic N) is 1. The minimum Gasteiger partial charge on any atom is -0.377 e. The van der Waals surface area contributed by atoms with E-state index in [0.717, 1.165) is 25.7 Å². The molecular formula is C16H32N2O2. The van der Waals surface area contributed by atoms with Crippen molar-refractivity contribution in [3.05, 3.63) is 0 Å². The standard InChI is InChI=1S/C16H32N2O2/c1-6-7-8-14-16(19)18(9-10-20-13(4)5)15(17-14)11-12(2)3/h12-15,17H,6-11H2,1-5H3. The number of hydrogen-bond acceptors (Lipinski definition) is 3. The van der Waals surface area contributed by atoms with Crippen LogP contribution < -0.4 is 5.32 Å². The quantitative estimate of drug-likeness (QED) is 0.708. The van der Waals surface area contributed by atoms with Gasteiger partial charge in [0, 0.05) is 6.54 Å². The molecule has 1 heterocycles. The number of rotatable bonds is 9. The van der Waals surface area contributed by atoms with Gasteiger partial charge in [-0.3, -0.25) is 10.1 Å². The summed E-state index contributed by atoms with van der Waals surface area (Å²) >= 11 is 0. The Bertz CT molecular complexity index is 292. The molecule has 1 amide bonds. The van der Waals surface area contributed by atoms with Gasteiger partial charge in [-0.2, -0.15) is 0 Å². The summed E-state index contributed by atoms with van der Waals surface area (Å²) in [4.78, 5) is 14.5. The predicted octanol–water partition coefficient (Wildman–Crippen LogP) is 2.77. The molecule has 0 saturated carbocycles. The molecule has 1 aliphatic rings. The molecule has 0 spiro atoms. The van der Waals surface area contributed by atoms with Gasteiger partial charge in [-0.05, 0) is 32.6 Å². The Morgan fingerprint density at radius 3 is 2.55 bits per heavy atom. The van der Waals surface area contributed by atoms with Gasteiger partial charge < -0.3 is 9.64 Å². The van der Waals surface area contributed by atoms with Gasteiger partial charge in [0.25, 0.3) is 0 Å². The van der Waals surface area contributed by atoms with Crippen molar-refractivity contribution in [2.45, 2.75) is 78.6 Å². The summed E-state index contributed by atoms with van der Waals surface area (Å²) in [6.07, 6.45) is 4.60. The smallest absolute Gasteiger partial charge is 0.241 e. The maximum absolute atomic E-state index is 12.5. The largest absolute Gasteiger partial charge is 0.377 e. The molecule has 2 unspecified atom stereocenters. The van der Waals surface area contributed by atoms with Crippen molar-refractivity contribution in [3.8, 4) is 0 Å². The van der Waals surface area contributed by atoms with E-state index in [9.17, 15) is 4.79 Å². The van der Waals surface area contributed by atoms with Crippen molar-refractivity contribution < 1.29 is 9.53 Å². The Hall–Kier alpha value is -0.610. The van der Waals surface area contributed by atoms with Crippen LogP contribution in [0.4, 0.5) is 0 Å². The van der Waals surface area contributed by atoms with Crippen molar-refractivity contribution in [2.75, 3.05) is 13.2 Å². The molecular weight excluding hydrogens is 252 g/mol. The van der Waals surface area contributed by atoms with Gasteiger partial charge in [0.2, 0.25) is 5.91 Å². The third-order valence-corrected chi connectivity index (χ3v) is 3.68. The van der Waals surface area contributed by atoms with Crippen LogP contribution in [0.5, 0.6) is 0 Å². The Labute approximate surface area is 124 Å². The minimum absolute atomic E-state index is 0.0118. The summed E-state index contributed by atoms with van der Waals surface area (Å²) < 4.78 is 5.60. The highest BCUT2D eigenvalue weighted by Crippen LogP contribution is 2.20. The second-order valence-corrected chi connectivity index (χ2v) is 6.46. The van der Waals surface area contributed by atoms with Crippen LogP contribution in [0, 0.1) is 5.92 Å². The van der Waals surface area contributed by atoms with Crippen molar-refractivity contribution in [3.63, 3.8) is 0 Å². The third kappa shape index (κ3) is 5.41. The molecule has 20 heavy (non-hydrogen) atoms. The topological polar surface area (TPSA) is 41.6 Å². The second kappa shape index (κ2) is 8.63. The van der Waals surface area contributed by atoms with Crippen LogP contribution in [0.25, 0.3) is 0 Å². The summed E-state index contributed by atoms with van der Waals surface area (Å²) in [7, 11) is 0. The van der Waals surface area contributed by atoms with Crippen molar-refractivity contribution >= 4 is 5.91 Å². The number of carbonyl (C=O) groups excluding carboxylic acids is 1. The Morgan fingerprint density at radius 2 is 2.00 bits per heavy atom. The molecule has 2 atom stereocenters. The van der Waals surface area contributed by atoms with Crippen molar-refractivity contribution in [1.82, 2.24) is 10.2 Å². The lowest BCUT2D eigenvalue weighted by Gasteiger charge is -2.25. The highest BCUT2D eigenvalue weighted by molar-refractivity contribution is 5.84. The summed E-state index contributed by atoms with van der Waals surface area (Å²) in [5.74, 6) is 0.843. The van der Waals surface area contributed by atoms with Crippen LogP contribution >= 0.6 is 0 Å². The lowest BCUT2D eigenvalue weighted by atomic mass is 10.1. The first-order chi connectivity index (χ1) is 9.45. The molecule has 4 nitrogen and oxygen atoms in total. The van der Waals surface area contributed by atoms with E-state index in [4.69, 9.17) is 4.74 Å². The first-order valence-corrected chi connectivity index (χ1v) is 8.13. The van der Waals surface area contributed by atoms with Gasteiger partial charge in [-0.25, -0.2) is 0 Å². The fraction of sp³-hybridized carbons (Fsp3) is 0.938. The van der Waals surface area contributed by atoms with E-state index in [1.165, 1.54) is 0 Å². The van der Waals surface area contributed by atoms with Crippen LogP contribution in [0.3, 0.4) is 0 Å². The van der Waals surface area contributed by atoms with Crippen LogP contribution in [0.1, 0.15) is 60.3 Å². The average molecular weight is 284 g/mol. The average Bonchev–Trinajstić information content (AvgIpc) is 2.63. The molecule has 1 N–H and O–H groups in total. The predicted molar refractivity (Wildman–Crippen MR) is 82.5 cm³/mol. The normalized spacial score (nSPS) is 23.4. The van der Waals surface area contributed by atoms with Crippen LogP contribution in [0.15, 0.2) is 0 Å². The first kappa shape index (κ1) is 17.4. The molecule has 0 aromatic rings. The van der Waals surface area contributed by atoms with E-state index >= 15 is 0 Å². The summed E-state index contributed by atoms with van der Waals surface area (Å²) in [6, 6.07) is 0.0118. The van der Waals surface area contributed by atoms with Crippen LogP contribution in [0.2, 0.25) is 0 Å². The number of unbranched alkanes of at least 4 members (excludes halogenated alkanes) is 1. The molecule has 1 saturated heterocycles. The zero-order chi connectivity index (χ0) is 15.1. The van der Waals surface area contributed by atoms with E-state index in [0.29, 0.717) is 19.1 Å². The van der Waals surface area contributed by atoms with Gasteiger partial charge in [-0.1, -0.05) is 33.6 Å². The molecule has 1 fully saturated rings. The van der Waals surface area contributed by atoms with Gasteiger partial charge in [0.15, 0.2) is 0 Å². The van der Waals surface area contributed by atoms with Gasteiger partial charge in [-0.15, -0.1) is 0 Å². The SMILES string of the molecule is CCCCC1NC(CC(C)C)N(CCOC(C)C)C1=O. The second-order valence-electron chi connectivity index (χ2n) is 6.46. The summed E-state index contributed by atoms with van der Waals surface area (Å²) in [5.41, 5.74) is 0. The summed E-state index contributed by atoms with van der Waals surface area (Å²) in [5, 5.41) is 3.52. The van der Waals surface area contributed by atoms with E-state index < -0.39 is 0 Å². The maximum atomic E-state index is 12.5. The van der Waals surface area contributed by atoms with E-state index in [2.05, 4.69) is 26.1 Å². The van der Waals surface area contributed by atoms with E-state index in [1.54, 1.807) is 0 Å². The molecule has 4 heteroatoms. The molecule has 0 bridgehead atoms. The molecule has 0 aliphatic carbocycles. The zero-order valence-electron chi connectivity index (χ0n) is 13.8.